The topological polar surface area (TPSA) is 32.3 Å². The molecule has 0 saturated carbocycles. The number of nitrogens with zero attached hydrogens (tertiary/aromatic N) is 1. The Labute approximate surface area is 149 Å². The molecule has 0 bridgehead atoms. The second-order valence-electron chi connectivity index (χ2n) is 6.45. The fourth-order valence-electron chi connectivity index (χ4n) is 2.81. The van der Waals surface area contributed by atoms with Crippen molar-refractivity contribution in [2.75, 3.05) is 13.2 Å². The summed E-state index contributed by atoms with van der Waals surface area (Å²) >= 11 is 0. The molecular weight excluding hydrogens is 315 g/mol. The minimum atomic E-state index is -0.409. The summed E-state index contributed by atoms with van der Waals surface area (Å²) in [5.41, 5.74) is 2.25. The minimum absolute atomic E-state index is 0.145. The van der Waals surface area contributed by atoms with Crippen molar-refractivity contribution in [1.82, 2.24) is 10.2 Å². The van der Waals surface area contributed by atoms with Crippen molar-refractivity contribution in [1.29, 1.82) is 0 Å². The molecule has 2 aromatic rings. The van der Waals surface area contributed by atoms with Crippen LogP contribution in [-0.2, 0) is 17.9 Å². The largest absolute Gasteiger partial charge is 0.341 e. The van der Waals surface area contributed by atoms with E-state index in [0.29, 0.717) is 19.6 Å². The molecule has 1 N–H and O–H groups in total. The highest BCUT2D eigenvalue weighted by atomic mass is 19.1. The zero-order valence-corrected chi connectivity index (χ0v) is 14.8. The molecule has 3 nitrogen and oxygen atoms in total. The SMILES string of the molecule is CC(CCN(C=O)Cc1ccccc1)C(CF)NCc1ccccc1. The van der Waals surface area contributed by atoms with E-state index in [4.69, 9.17) is 0 Å². The highest BCUT2D eigenvalue weighted by Crippen LogP contribution is 2.12. The van der Waals surface area contributed by atoms with Crippen molar-refractivity contribution in [2.45, 2.75) is 32.5 Å². The highest BCUT2D eigenvalue weighted by molar-refractivity contribution is 5.47. The lowest BCUT2D eigenvalue weighted by molar-refractivity contribution is -0.118. The Morgan fingerprint density at radius 1 is 1.04 bits per heavy atom. The standard InChI is InChI=1S/C21H27FN2O/c1-18(21(14-22)23-15-19-8-4-2-5-9-19)12-13-24(17-25)16-20-10-6-3-7-11-20/h2-11,17-18,21,23H,12-16H2,1H3. The maximum Gasteiger partial charge on any atom is 0.210 e. The molecule has 0 radical (unpaired) electrons. The molecule has 0 aliphatic carbocycles. The number of alkyl halides is 1. The first-order valence-electron chi connectivity index (χ1n) is 8.79. The highest BCUT2D eigenvalue weighted by Gasteiger charge is 2.17. The van der Waals surface area contributed by atoms with Gasteiger partial charge in [-0.25, -0.2) is 4.39 Å². The first-order valence-corrected chi connectivity index (χ1v) is 8.79. The van der Waals surface area contributed by atoms with Crippen LogP contribution in [-0.4, -0.2) is 30.6 Å². The van der Waals surface area contributed by atoms with Gasteiger partial charge in [0.2, 0.25) is 6.41 Å². The van der Waals surface area contributed by atoms with Gasteiger partial charge in [0.15, 0.2) is 0 Å². The average Bonchev–Trinajstić information content (AvgIpc) is 2.67. The summed E-state index contributed by atoms with van der Waals surface area (Å²) in [6.07, 6.45) is 1.64. The number of benzene rings is 2. The number of carbonyl (C=O) groups is 1. The zero-order chi connectivity index (χ0) is 17.9. The third-order valence-corrected chi connectivity index (χ3v) is 4.51. The van der Waals surface area contributed by atoms with Crippen molar-refractivity contribution < 1.29 is 9.18 Å². The predicted molar refractivity (Wildman–Crippen MR) is 99.7 cm³/mol. The number of halogens is 1. The van der Waals surface area contributed by atoms with Crippen molar-refractivity contribution in [3.05, 3.63) is 71.8 Å². The third kappa shape index (κ3) is 6.67. The van der Waals surface area contributed by atoms with Gasteiger partial charge in [0.05, 0.1) is 0 Å². The molecule has 0 heterocycles. The van der Waals surface area contributed by atoms with Crippen LogP contribution in [0.1, 0.15) is 24.5 Å². The van der Waals surface area contributed by atoms with Gasteiger partial charge in [0, 0.05) is 25.7 Å². The fraction of sp³-hybridized carbons (Fsp3) is 0.381. The fourth-order valence-corrected chi connectivity index (χ4v) is 2.81. The Morgan fingerprint density at radius 3 is 2.20 bits per heavy atom. The lowest BCUT2D eigenvalue weighted by atomic mass is 9.98. The zero-order valence-electron chi connectivity index (χ0n) is 14.8. The Balaban J connectivity index is 1.79. The van der Waals surface area contributed by atoms with Gasteiger partial charge in [0.25, 0.3) is 0 Å². The van der Waals surface area contributed by atoms with Gasteiger partial charge in [-0.05, 0) is 23.5 Å². The summed E-state index contributed by atoms with van der Waals surface area (Å²) in [4.78, 5) is 13.1. The van der Waals surface area contributed by atoms with Crippen LogP contribution in [0.25, 0.3) is 0 Å². The quantitative estimate of drug-likeness (QED) is 0.630. The molecule has 2 unspecified atom stereocenters. The van der Waals surface area contributed by atoms with E-state index in [-0.39, 0.29) is 12.0 Å². The summed E-state index contributed by atoms with van der Waals surface area (Å²) in [7, 11) is 0. The maximum atomic E-state index is 13.4. The molecule has 0 spiro atoms. The van der Waals surface area contributed by atoms with Gasteiger partial charge in [-0.1, -0.05) is 67.6 Å². The molecule has 4 heteroatoms. The van der Waals surface area contributed by atoms with Crippen LogP contribution in [0, 0.1) is 5.92 Å². The summed E-state index contributed by atoms with van der Waals surface area (Å²) in [6.45, 7) is 3.50. The number of carbonyl (C=O) groups excluding carboxylic acids is 1. The molecule has 25 heavy (non-hydrogen) atoms. The van der Waals surface area contributed by atoms with Crippen LogP contribution in [0.15, 0.2) is 60.7 Å². The molecule has 0 fully saturated rings. The van der Waals surface area contributed by atoms with Crippen LogP contribution < -0.4 is 5.32 Å². The van der Waals surface area contributed by atoms with E-state index < -0.39 is 6.67 Å². The Bertz CT molecular complexity index is 606. The molecule has 1 amide bonds. The molecule has 0 aromatic heterocycles. The van der Waals surface area contributed by atoms with E-state index in [0.717, 1.165) is 24.0 Å². The maximum absolute atomic E-state index is 13.4. The minimum Gasteiger partial charge on any atom is -0.341 e. The summed E-state index contributed by atoms with van der Waals surface area (Å²) in [6, 6.07) is 19.7. The summed E-state index contributed by atoms with van der Waals surface area (Å²) in [5.74, 6) is 0.145. The van der Waals surface area contributed by atoms with E-state index in [9.17, 15) is 9.18 Å². The first-order chi connectivity index (χ1) is 12.2. The molecule has 0 saturated heterocycles. The Hall–Kier alpha value is -2.20. The third-order valence-electron chi connectivity index (χ3n) is 4.51. The van der Waals surface area contributed by atoms with Crippen LogP contribution in [0.5, 0.6) is 0 Å². The lowest BCUT2D eigenvalue weighted by Gasteiger charge is -2.25. The van der Waals surface area contributed by atoms with Crippen molar-refractivity contribution in [3.63, 3.8) is 0 Å². The summed E-state index contributed by atoms with van der Waals surface area (Å²) < 4.78 is 13.4. The van der Waals surface area contributed by atoms with Gasteiger partial charge >= 0.3 is 0 Å². The molecule has 2 rings (SSSR count). The van der Waals surface area contributed by atoms with Gasteiger partial charge in [-0.15, -0.1) is 0 Å². The molecule has 2 aromatic carbocycles. The number of amides is 1. The Morgan fingerprint density at radius 2 is 1.64 bits per heavy atom. The monoisotopic (exact) mass is 342 g/mol. The van der Waals surface area contributed by atoms with Crippen LogP contribution in [0.2, 0.25) is 0 Å². The Kier molecular flexibility index (Phi) is 8.13. The second kappa shape index (κ2) is 10.6. The first kappa shape index (κ1) is 19.1. The van der Waals surface area contributed by atoms with Crippen molar-refractivity contribution >= 4 is 6.41 Å². The number of nitrogens with one attached hydrogen (secondary N) is 1. The number of hydrogen-bond donors (Lipinski definition) is 1. The molecule has 0 aliphatic rings. The predicted octanol–water partition coefficient (Wildman–Crippen LogP) is 3.80. The van der Waals surface area contributed by atoms with Gasteiger partial charge in [-0.3, -0.25) is 4.79 Å². The molecule has 0 aliphatic heterocycles. The van der Waals surface area contributed by atoms with E-state index in [1.54, 1.807) is 4.90 Å². The molecule has 134 valence electrons. The van der Waals surface area contributed by atoms with E-state index in [1.807, 2.05) is 67.6 Å². The smallest absolute Gasteiger partial charge is 0.210 e. The van der Waals surface area contributed by atoms with Crippen molar-refractivity contribution in [2.24, 2.45) is 5.92 Å². The van der Waals surface area contributed by atoms with Crippen LogP contribution in [0.4, 0.5) is 4.39 Å². The second-order valence-corrected chi connectivity index (χ2v) is 6.45. The van der Waals surface area contributed by atoms with E-state index in [1.165, 1.54) is 0 Å². The molecule has 2 atom stereocenters. The van der Waals surface area contributed by atoms with Crippen LogP contribution >= 0.6 is 0 Å². The lowest BCUT2D eigenvalue weighted by Crippen LogP contribution is -2.38. The average molecular weight is 342 g/mol. The number of hydrogen-bond acceptors (Lipinski definition) is 2. The van der Waals surface area contributed by atoms with Crippen molar-refractivity contribution in [3.8, 4) is 0 Å². The normalized spacial score (nSPS) is 13.2. The number of rotatable bonds is 11. The van der Waals surface area contributed by atoms with Gasteiger partial charge in [0.1, 0.15) is 6.67 Å². The van der Waals surface area contributed by atoms with E-state index in [2.05, 4.69) is 5.32 Å². The van der Waals surface area contributed by atoms with E-state index >= 15 is 0 Å². The van der Waals surface area contributed by atoms with Gasteiger partial charge in [-0.2, -0.15) is 0 Å². The van der Waals surface area contributed by atoms with Crippen LogP contribution in [0.3, 0.4) is 0 Å². The van der Waals surface area contributed by atoms with Gasteiger partial charge < -0.3 is 10.2 Å². The molecular formula is C21H27FN2O. The summed E-state index contributed by atoms with van der Waals surface area (Å²) in [5, 5.41) is 3.30.